The van der Waals surface area contributed by atoms with Gasteiger partial charge in [-0.2, -0.15) is 0 Å². The van der Waals surface area contributed by atoms with Crippen molar-refractivity contribution in [3.05, 3.63) is 72.3 Å². The van der Waals surface area contributed by atoms with Crippen molar-refractivity contribution in [2.45, 2.75) is 39.2 Å². The molecule has 0 aliphatic heterocycles. The van der Waals surface area contributed by atoms with Crippen LogP contribution >= 0.6 is 11.3 Å². The number of thiazole rings is 1. The summed E-state index contributed by atoms with van der Waals surface area (Å²) in [6.07, 6.45) is 6.27. The third-order valence-electron chi connectivity index (χ3n) is 5.42. The fraction of sp³-hybridized carbons (Fsp3) is 0.320. The highest BCUT2D eigenvalue weighted by molar-refractivity contribution is 7.22. The molecule has 4 rings (SSSR count). The number of benzene rings is 2. The minimum Gasteiger partial charge on any atom is -0.494 e. The highest BCUT2D eigenvalue weighted by Crippen LogP contribution is 2.35. The number of fused-ring (bicyclic) bond motifs is 1. The molecule has 6 nitrogen and oxygen atoms in total. The van der Waals surface area contributed by atoms with Crippen molar-refractivity contribution >= 4 is 32.6 Å². The molecule has 2 heterocycles. The SMILES string of the molecule is COc1cccc2sc(N(CCCn3ccnc3)C(=O)c3ccc(C(C)(C)C)cc3)nc12. The van der Waals surface area contributed by atoms with Gasteiger partial charge in [-0.25, -0.2) is 9.97 Å². The van der Waals surface area contributed by atoms with Gasteiger partial charge in [0.05, 0.1) is 18.1 Å². The maximum absolute atomic E-state index is 13.6. The van der Waals surface area contributed by atoms with E-state index in [4.69, 9.17) is 9.72 Å². The maximum Gasteiger partial charge on any atom is 0.260 e. The van der Waals surface area contributed by atoms with E-state index in [0.29, 0.717) is 23.0 Å². The van der Waals surface area contributed by atoms with E-state index in [1.54, 1.807) is 24.5 Å². The van der Waals surface area contributed by atoms with Gasteiger partial charge in [0.25, 0.3) is 5.91 Å². The van der Waals surface area contributed by atoms with Crippen molar-refractivity contribution in [3.63, 3.8) is 0 Å². The van der Waals surface area contributed by atoms with Crippen molar-refractivity contribution in [3.8, 4) is 5.75 Å². The predicted octanol–water partition coefficient (Wildman–Crippen LogP) is 5.54. The monoisotopic (exact) mass is 448 g/mol. The summed E-state index contributed by atoms with van der Waals surface area (Å²) < 4.78 is 8.48. The number of aryl methyl sites for hydroxylation is 1. The largest absolute Gasteiger partial charge is 0.494 e. The summed E-state index contributed by atoms with van der Waals surface area (Å²) in [7, 11) is 1.64. The lowest BCUT2D eigenvalue weighted by molar-refractivity contribution is 0.0986. The van der Waals surface area contributed by atoms with Crippen LogP contribution in [-0.4, -0.2) is 34.1 Å². The molecule has 0 atom stereocenters. The highest BCUT2D eigenvalue weighted by atomic mass is 32.1. The van der Waals surface area contributed by atoms with E-state index in [2.05, 4.69) is 25.8 Å². The summed E-state index contributed by atoms with van der Waals surface area (Å²) in [5.74, 6) is 0.666. The number of aromatic nitrogens is 3. The molecule has 32 heavy (non-hydrogen) atoms. The summed E-state index contributed by atoms with van der Waals surface area (Å²) >= 11 is 1.51. The van der Waals surface area contributed by atoms with Crippen LogP contribution in [-0.2, 0) is 12.0 Å². The van der Waals surface area contributed by atoms with E-state index in [1.807, 2.05) is 53.2 Å². The van der Waals surface area contributed by atoms with Crippen LogP contribution in [0.2, 0.25) is 0 Å². The number of rotatable bonds is 7. The van der Waals surface area contributed by atoms with E-state index in [0.717, 1.165) is 23.2 Å². The lowest BCUT2D eigenvalue weighted by Gasteiger charge is -2.22. The second-order valence-corrected chi connectivity index (χ2v) is 9.75. The number of para-hydroxylation sites is 1. The zero-order valence-electron chi connectivity index (χ0n) is 18.9. The normalized spacial score (nSPS) is 11.6. The lowest BCUT2D eigenvalue weighted by Crippen LogP contribution is -2.32. The van der Waals surface area contributed by atoms with Crippen LogP contribution in [0.1, 0.15) is 43.1 Å². The minimum absolute atomic E-state index is 0.0374. The molecule has 0 bridgehead atoms. The number of hydrogen-bond acceptors (Lipinski definition) is 5. The standard InChI is InChI=1S/C25H28N4O2S/c1-25(2,3)19-11-9-18(10-12-19)23(30)29(15-6-14-28-16-13-26-17-28)24-27-22-20(31-4)7-5-8-21(22)32-24/h5,7-13,16-17H,6,14-15H2,1-4H3. The Morgan fingerprint density at radius 2 is 1.94 bits per heavy atom. The zero-order valence-corrected chi connectivity index (χ0v) is 19.7. The smallest absolute Gasteiger partial charge is 0.260 e. The Morgan fingerprint density at radius 1 is 1.16 bits per heavy atom. The second-order valence-electron chi connectivity index (χ2n) is 8.74. The Morgan fingerprint density at radius 3 is 2.59 bits per heavy atom. The Balaban J connectivity index is 1.64. The number of hydrogen-bond donors (Lipinski definition) is 0. The average molecular weight is 449 g/mol. The van der Waals surface area contributed by atoms with Gasteiger partial charge in [-0.15, -0.1) is 0 Å². The number of methoxy groups -OCH3 is 1. The first-order valence-corrected chi connectivity index (χ1v) is 11.5. The van der Waals surface area contributed by atoms with Crippen LogP contribution in [0.5, 0.6) is 5.75 Å². The van der Waals surface area contributed by atoms with Crippen LogP contribution in [0, 0.1) is 0 Å². The molecule has 0 saturated heterocycles. The Bertz CT molecular complexity index is 1190. The molecule has 0 saturated carbocycles. The van der Waals surface area contributed by atoms with Gasteiger partial charge in [-0.05, 0) is 41.7 Å². The molecular weight excluding hydrogens is 420 g/mol. The molecule has 166 valence electrons. The molecule has 2 aromatic heterocycles. The summed E-state index contributed by atoms with van der Waals surface area (Å²) in [4.78, 5) is 24.2. The number of amides is 1. The van der Waals surface area contributed by atoms with Crippen molar-refractivity contribution in [2.24, 2.45) is 0 Å². The molecule has 1 amide bonds. The van der Waals surface area contributed by atoms with Gasteiger partial charge in [0.15, 0.2) is 5.13 Å². The quantitative estimate of drug-likeness (QED) is 0.373. The molecule has 0 radical (unpaired) electrons. The van der Waals surface area contributed by atoms with Gasteiger partial charge in [0, 0.05) is 31.0 Å². The summed E-state index contributed by atoms with van der Waals surface area (Å²) in [6.45, 7) is 7.84. The predicted molar refractivity (Wildman–Crippen MR) is 130 cm³/mol. The first-order valence-electron chi connectivity index (χ1n) is 10.7. The number of carbonyl (C=O) groups is 1. The van der Waals surface area contributed by atoms with E-state index >= 15 is 0 Å². The van der Waals surface area contributed by atoms with Gasteiger partial charge < -0.3 is 9.30 Å². The number of anilines is 1. The Hall–Kier alpha value is -3.19. The molecular formula is C25H28N4O2S. The molecule has 0 unspecified atom stereocenters. The first kappa shape index (κ1) is 22.0. The van der Waals surface area contributed by atoms with Crippen LogP contribution in [0.4, 0.5) is 5.13 Å². The molecule has 7 heteroatoms. The van der Waals surface area contributed by atoms with Crippen molar-refractivity contribution in [1.82, 2.24) is 14.5 Å². The van der Waals surface area contributed by atoms with Crippen molar-refractivity contribution < 1.29 is 9.53 Å². The Labute approximate surface area is 192 Å². The van der Waals surface area contributed by atoms with Crippen LogP contribution in [0.15, 0.2) is 61.2 Å². The number of ether oxygens (including phenoxy) is 1. The maximum atomic E-state index is 13.6. The van der Waals surface area contributed by atoms with Gasteiger partial charge in [-0.1, -0.05) is 50.3 Å². The first-order chi connectivity index (χ1) is 15.4. The van der Waals surface area contributed by atoms with Crippen molar-refractivity contribution in [2.75, 3.05) is 18.6 Å². The van der Waals surface area contributed by atoms with Crippen molar-refractivity contribution in [1.29, 1.82) is 0 Å². The molecule has 0 aliphatic carbocycles. The summed E-state index contributed by atoms with van der Waals surface area (Å²) in [6, 6.07) is 13.8. The molecule has 0 spiro atoms. The Kier molecular flexibility index (Phi) is 6.28. The topological polar surface area (TPSA) is 60.2 Å². The number of carbonyl (C=O) groups excluding carboxylic acids is 1. The minimum atomic E-state index is -0.0471. The number of nitrogens with zero attached hydrogens (tertiary/aromatic N) is 4. The van der Waals surface area contributed by atoms with Crippen LogP contribution < -0.4 is 9.64 Å². The molecule has 0 fully saturated rings. The van der Waals surface area contributed by atoms with E-state index in [1.165, 1.54) is 16.9 Å². The van der Waals surface area contributed by atoms with Gasteiger partial charge >= 0.3 is 0 Å². The fourth-order valence-corrected chi connectivity index (χ4v) is 4.58. The fourth-order valence-electron chi connectivity index (χ4n) is 3.57. The van der Waals surface area contributed by atoms with E-state index in [9.17, 15) is 4.79 Å². The summed E-state index contributed by atoms with van der Waals surface area (Å²) in [5.41, 5.74) is 2.68. The third-order valence-corrected chi connectivity index (χ3v) is 6.47. The van der Waals surface area contributed by atoms with E-state index in [-0.39, 0.29) is 11.3 Å². The van der Waals surface area contributed by atoms with Gasteiger partial charge in [0.2, 0.25) is 0 Å². The summed E-state index contributed by atoms with van der Waals surface area (Å²) in [5, 5.41) is 0.681. The molecule has 0 N–H and O–H groups in total. The van der Waals surface area contributed by atoms with Gasteiger partial charge in [0.1, 0.15) is 11.3 Å². The van der Waals surface area contributed by atoms with E-state index < -0.39 is 0 Å². The zero-order chi connectivity index (χ0) is 22.7. The molecule has 2 aromatic carbocycles. The molecule has 4 aromatic rings. The second kappa shape index (κ2) is 9.12. The van der Waals surface area contributed by atoms with Crippen LogP contribution in [0.25, 0.3) is 10.2 Å². The molecule has 0 aliphatic rings. The van der Waals surface area contributed by atoms with Gasteiger partial charge in [-0.3, -0.25) is 9.69 Å². The highest BCUT2D eigenvalue weighted by Gasteiger charge is 2.23. The third kappa shape index (κ3) is 4.67. The average Bonchev–Trinajstić information content (AvgIpc) is 3.45. The lowest BCUT2D eigenvalue weighted by atomic mass is 9.86. The number of imidazole rings is 1. The van der Waals surface area contributed by atoms with Crippen LogP contribution in [0.3, 0.4) is 0 Å².